The van der Waals surface area contributed by atoms with E-state index in [1.165, 1.54) is 13.3 Å². The summed E-state index contributed by atoms with van der Waals surface area (Å²) in [6.45, 7) is 1.45. The monoisotopic (exact) mass is 472 g/mol. The Morgan fingerprint density at radius 3 is 2.46 bits per heavy atom. The Balaban J connectivity index is 1.36. The maximum Gasteiger partial charge on any atom is 0.256 e. The summed E-state index contributed by atoms with van der Waals surface area (Å²) in [7, 11) is 1.51. The van der Waals surface area contributed by atoms with Gasteiger partial charge in [0.15, 0.2) is 6.10 Å². The Morgan fingerprint density at radius 1 is 1.03 bits per heavy atom. The van der Waals surface area contributed by atoms with Gasteiger partial charge in [-0.05, 0) is 12.1 Å². The maximum atomic E-state index is 13.2. The number of methoxy groups -OCH3 is 1. The van der Waals surface area contributed by atoms with E-state index in [1.807, 2.05) is 18.2 Å². The van der Waals surface area contributed by atoms with Gasteiger partial charge in [-0.25, -0.2) is 4.98 Å². The zero-order chi connectivity index (χ0) is 24.4. The number of hydrogen-bond donors (Lipinski definition) is 2. The number of amides is 2. The van der Waals surface area contributed by atoms with Gasteiger partial charge in [-0.15, -0.1) is 0 Å². The molecule has 4 heterocycles. The highest BCUT2D eigenvalue weighted by Gasteiger charge is 2.31. The van der Waals surface area contributed by atoms with Gasteiger partial charge in [0, 0.05) is 55.9 Å². The van der Waals surface area contributed by atoms with Crippen molar-refractivity contribution >= 4 is 22.7 Å². The second-order valence-electron chi connectivity index (χ2n) is 8.15. The van der Waals surface area contributed by atoms with Crippen molar-refractivity contribution in [2.45, 2.75) is 6.10 Å². The fourth-order valence-corrected chi connectivity index (χ4v) is 4.33. The summed E-state index contributed by atoms with van der Waals surface area (Å²) >= 11 is 0. The first-order valence-corrected chi connectivity index (χ1v) is 11.2. The highest BCUT2D eigenvalue weighted by molar-refractivity contribution is 6.00. The quantitative estimate of drug-likeness (QED) is 0.455. The predicted molar refractivity (Wildman–Crippen MR) is 128 cm³/mol. The average molecular weight is 473 g/mol. The van der Waals surface area contributed by atoms with Crippen molar-refractivity contribution < 1.29 is 19.4 Å². The summed E-state index contributed by atoms with van der Waals surface area (Å²) in [6.07, 6.45) is 6.44. The average Bonchev–Trinajstić information content (AvgIpc) is 3.38. The second-order valence-corrected chi connectivity index (χ2v) is 8.15. The first-order chi connectivity index (χ1) is 17.1. The van der Waals surface area contributed by atoms with Crippen LogP contribution in [0.5, 0.6) is 5.75 Å². The number of piperazine rings is 1. The predicted octanol–water partition coefficient (Wildman–Crippen LogP) is 2.05. The third-order valence-electron chi connectivity index (χ3n) is 6.16. The molecule has 35 heavy (non-hydrogen) atoms. The molecule has 2 N–H and O–H groups in total. The number of carbonyl (C=O) groups is 2. The number of aliphatic hydroxyl groups is 1. The Bertz CT molecular complexity index is 1350. The summed E-state index contributed by atoms with van der Waals surface area (Å²) in [6, 6.07) is 9.06. The zero-order valence-electron chi connectivity index (χ0n) is 19.1. The first-order valence-electron chi connectivity index (χ1n) is 11.2. The van der Waals surface area contributed by atoms with E-state index < -0.39 is 12.0 Å². The Kier molecular flexibility index (Phi) is 6.11. The smallest absolute Gasteiger partial charge is 0.256 e. The van der Waals surface area contributed by atoms with Crippen LogP contribution in [-0.4, -0.2) is 79.9 Å². The molecule has 1 atom stereocenters. The molecule has 10 heteroatoms. The van der Waals surface area contributed by atoms with E-state index in [-0.39, 0.29) is 5.91 Å². The van der Waals surface area contributed by atoms with Gasteiger partial charge < -0.3 is 24.6 Å². The molecule has 2 amide bonds. The lowest BCUT2D eigenvalue weighted by molar-refractivity contribution is -0.142. The van der Waals surface area contributed by atoms with Crippen molar-refractivity contribution in [3.8, 4) is 17.1 Å². The Morgan fingerprint density at radius 2 is 1.77 bits per heavy atom. The van der Waals surface area contributed by atoms with E-state index in [9.17, 15) is 14.7 Å². The van der Waals surface area contributed by atoms with Gasteiger partial charge in [-0.3, -0.25) is 19.6 Å². The molecule has 0 saturated carbocycles. The van der Waals surface area contributed by atoms with Crippen LogP contribution in [0.2, 0.25) is 0 Å². The Labute approximate surface area is 201 Å². The number of fused-ring (bicyclic) bond motifs is 1. The van der Waals surface area contributed by atoms with Crippen LogP contribution in [0.4, 0.5) is 0 Å². The van der Waals surface area contributed by atoms with Crippen LogP contribution in [-0.2, 0) is 4.79 Å². The lowest BCUT2D eigenvalue weighted by Crippen LogP contribution is -2.51. The minimum Gasteiger partial charge on any atom is -0.494 e. The van der Waals surface area contributed by atoms with Gasteiger partial charge in [0.05, 0.1) is 30.4 Å². The number of rotatable bonds is 5. The van der Waals surface area contributed by atoms with E-state index in [0.29, 0.717) is 65.3 Å². The van der Waals surface area contributed by atoms with Gasteiger partial charge in [0.1, 0.15) is 17.1 Å². The number of aromatic nitrogens is 4. The van der Waals surface area contributed by atoms with Crippen molar-refractivity contribution in [1.29, 1.82) is 0 Å². The number of aromatic amines is 1. The number of ether oxygens (including phenoxy) is 1. The number of aliphatic hydroxyl groups excluding tert-OH is 1. The van der Waals surface area contributed by atoms with E-state index in [2.05, 4.69) is 19.9 Å². The normalized spacial score (nSPS) is 14.7. The summed E-state index contributed by atoms with van der Waals surface area (Å²) in [5.74, 6) is -0.0738. The van der Waals surface area contributed by atoms with Crippen molar-refractivity contribution in [3.63, 3.8) is 0 Å². The van der Waals surface area contributed by atoms with Gasteiger partial charge in [0.2, 0.25) is 0 Å². The number of nitrogens with zero attached hydrogens (tertiary/aromatic N) is 5. The van der Waals surface area contributed by atoms with Crippen LogP contribution < -0.4 is 4.74 Å². The highest BCUT2D eigenvalue weighted by Crippen LogP contribution is 2.36. The molecule has 0 radical (unpaired) electrons. The molecule has 5 rings (SSSR count). The van der Waals surface area contributed by atoms with E-state index >= 15 is 0 Å². The van der Waals surface area contributed by atoms with E-state index in [4.69, 9.17) is 4.74 Å². The van der Waals surface area contributed by atoms with Crippen LogP contribution in [0.15, 0.2) is 61.3 Å². The molecular formula is C25H24N6O4. The van der Waals surface area contributed by atoms with Crippen LogP contribution >= 0.6 is 0 Å². The molecule has 1 saturated heterocycles. The number of carbonyl (C=O) groups excluding carboxylic acids is 2. The molecule has 3 aromatic heterocycles. The van der Waals surface area contributed by atoms with Crippen molar-refractivity contribution in [2.75, 3.05) is 33.3 Å². The van der Waals surface area contributed by atoms with E-state index in [0.717, 1.165) is 0 Å². The van der Waals surface area contributed by atoms with Crippen LogP contribution in [0, 0.1) is 0 Å². The fraction of sp³-hybridized carbons (Fsp3) is 0.240. The lowest BCUT2D eigenvalue weighted by Gasteiger charge is -2.35. The molecule has 1 fully saturated rings. The van der Waals surface area contributed by atoms with Crippen molar-refractivity contribution in [2.24, 2.45) is 0 Å². The summed E-state index contributed by atoms with van der Waals surface area (Å²) in [5, 5.41) is 11.6. The second kappa shape index (κ2) is 9.51. The van der Waals surface area contributed by atoms with Crippen LogP contribution in [0.1, 0.15) is 22.0 Å². The minimum atomic E-state index is -1.41. The standard InChI is InChI=1S/C25H24N6O4/c1-35-19-15-29-21(18-14-26-7-8-27-18)22-20(19)17(13-28-22)23(32)25(34)31-11-9-30(10-12-31)24(33)16-5-3-2-4-6-16/h2-8,13-15,23,28,32H,9-12H2,1H3. The summed E-state index contributed by atoms with van der Waals surface area (Å²) in [5.41, 5.74) is 2.68. The van der Waals surface area contributed by atoms with Gasteiger partial charge in [-0.1, -0.05) is 18.2 Å². The third kappa shape index (κ3) is 4.19. The number of hydrogen-bond acceptors (Lipinski definition) is 7. The highest BCUT2D eigenvalue weighted by atomic mass is 16.5. The molecule has 10 nitrogen and oxygen atoms in total. The molecule has 1 aliphatic heterocycles. The number of benzene rings is 1. The Hall–Kier alpha value is -4.31. The summed E-state index contributed by atoms with van der Waals surface area (Å²) < 4.78 is 5.48. The molecule has 4 aromatic rings. The number of pyridine rings is 1. The molecular weight excluding hydrogens is 448 g/mol. The van der Waals surface area contributed by atoms with Crippen molar-refractivity contribution in [1.82, 2.24) is 29.7 Å². The molecule has 0 aliphatic carbocycles. The molecule has 0 bridgehead atoms. The third-order valence-corrected chi connectivity index (χ3v) is 6.16. The lowest BCUT2D eigenvalue weighted by atomic mass is 10.0. The molecule has 0 spiro atoms. The molecule has 178 valence electrons. The molecule has 1 aliphatic rings. The topological polar surface area (TPSA) is 125 Å². The van der Waals surface area contributed by atoms with Crippen LogP contribution in [0.25, 0.3) is 22.3 Å². The summed E-state index contributed by atoms with van der Waals surface area (Å²) in [4.78, 5) is 45.2. The van der Waals surface area contributed by atoms with Crippen molar-refractivity contribution in [3.05, 3.63) is 72.4 Å². The van der Waals surface area contributed by atoms with Crippen LogP contribution in [0.3, 0.4) is 0 Å². The number of nitrogens with one attached hydrogen (secondary N) is 1. The van der Waals surface area contributed by atoms with Gasteiger partial charge >= 0.3 is 0 Å². The zero-order valence-corrected chi connectivity index (χ0v) is 19.1. The van der Waals surface area contributed by atoms with E-state index in [1.54, 1.807) is 46.7 Å². The van der Waals surface area contributed by atoms with Gasteiger partial charge in [-0.2, -0.15) is 0 Å². The largest absolute Gasteiger partial charge is 0.494 e. The maximum absolute atomic E-state index is 13.2. The SMILES string of the molecule is COc1cnc(-c2cnccn2)c2[nH]cc(C(O)C(=O)N3CCN(C(=O)c4ccccc4)CC3)c12. The first kappa shape index (κ1) is 22.5. The minimum absolute atomic E-state index is 0.0661. The number of H-pyrrole nitrogens is 1. The van der Waals surface area contributed by atoms with Gasteiger partial charge in [0.25, 0.3) is 11.8 Å². The molecule has 1 unspecified atom stereocenters. The fourth-order valence-electron chi connectivity index (χ4n) is 4.33. The molecule has 1 aromatic carbocycles.